The summed E-state index contributed by atoms with van der Waals surface area (Å²) in [4.78, 5) is 31.4. The van der Waals surface area contributed by atoms with Gasteiger partial charge in [0.1, 0.15) is 5.82 Å². The Balaban J connectivity index is 1.18. The van der Waals surface area contributed by atoms with Crippen molar-refractivity contribution in [2.75, 3.05) is 19.6 Å². The van der Waals surface area contributed by atoms with Crippen molar-refractivity contribution in [2.45, 2.75) is 38.0 Å². The van der Waals surface area contributed by atoms with Crippen LogP contribution in [-0.2, 0) is 11.2 Å². The van der Waals surface area contributed by atoms with Gasteiger partial charge in [-0.1, -0.05) is 42.5 Å². The first-order chi connectivity index (χ1) is 17.7. The molecule has 1 amide bonds. The van der Waals surface area contributed by atoms with Crippen LogP contribution in [-0.4, -0.2) is 51.4 Å². The number of aromatic amines is 1. The fourth-order valence-corrected chi connectivity index (χ4v) is 5.44. The number of H-pyrrole nitrogens is 1. The van der Waals surface area contributed by atoms with Crippen LogP contribution in [0.25, 0.3) is 16.8 Å². The third-order valence-corrected chi connectivity index (χ3v) is 7.61. The SMILES string of the molecule is O=C(C1CC1)N1CCC(Cc2n[nH]c(=O)n2-c2ccc(-c3cccc(C4C=CC=NCC4)c3)cc2)C1. The van der Waals surface area contributed by atoms with E-state index in [1.165, 1.54) is 5.56 Å². The summed E-state index contributed by atoms with van der Waals surface area (Å²) < 4.78 is 1.67. The first-order valence-corrected chi connectivity index (χ1v) is 13.0. The van der Waals surface area contributed by atoms with Crippen molar-refractivity contribution in [3.63, 3.8) is 0 Å². The van der Waals surface area contributed by atoms with Gasteiger partial charge in [-0.2, -0.15) is 5.10 Å². The van der Waals surface area contributed by atoms with E-state index >= 15 is 0 Å². The molecule has 3 aromatic rings. The summed E-state index contributed by atoms with van der Waals surface area (Å²) in [6.07, 6.45) is 10.8. The average molecular weight is 482 g/mol. The Morgan fingerprint density at radius 2 is 1.89 bits per heavy atom. The molecule has 7 nitrogen and oxygen atoms in total. The van der Waals surface area contributed by atoms with Crippen molar-refractivity contribution >= 4 is 12.1 Å². The Morgan fingerprint density at radius 1 is 1.03 bits per heavy atom. The standard InChI is InChI=1S/C29H31N5O2/c35-28(23-6-7-23)33-16-13-20(19-33)17-27-31-32-29(36)34(27)26-10-8-22(9-11-26)25-4-1-3-24(18-25)21-5-2-14-30-15-12-21/h1-5,8-11,14,18,20-21,23H,6-7,12-13,15-17,19H2,(H,32,36). The van der Waals surface area contributed by atoms with E-state index in [1.807, 2.05) is 29.3 Å². The third kappa shape index (κ3) is 4.70. The van der Waals surface area contributed by atoms with E-state index in [1.54, 1.807) is 4.57 Å². The molecule has 36 heavy (non-hydrogen) atoms. The minimum absolute atomic E-state index is 0.231. The highest BCUT2D eigenvalue weighted by atomic mass is 16.2. The summed E-state index contributed by atoms with van der Waals surface area (Å²) in [6.45, 7) is 2.41. The highest BCUT2D eigenvalue weighted by Crippen LogP contribution is 2.33. The van der Waals surface area contributed by atoms with Crippen LogP contribution in [0, 0.1) is 11.8 Å². The summed E-state index contributed by atoms with van der Waals surface area (Å²) in [5, 5.41) is 6.96. The maximum atomic E-state index is 12.7. The molecule has 3 aliphatic rings. The first kappa shape index (κ1) is 22.7. The zero-order valence-corrected chi connectivity index (χ0v) is 20.3. The average Bonchev–Trinajstić information content (AvgIpc) is 3.63. The van der Waals surface area contributed by atoms with Crippen molar-refractivity contribution in [1.82, 2.24) is 19.7 Å². The van der Waals surface area contributed by atoms with Gasteiger partial charge >= 0.3 is 5.69 Å². The molecule has 1 saturated carbocycles. The first-order valence-electron chi connectivity index (χ1n) is 13.0. The molecule has 184 valence electrons. The Hall–Kier alpha value is -3.74. The number of hydrogen-bond acceptors (Lipinski definition) is 4. The van der Waals surface area contributed by atoms with E-state index in [4.69, 9.17) is 0 Å². The van der Waals surface area contributed by atoms with E-state index in [0.717, 1.165) is 68.0 Å². The number of allylic oxidation sites excluding steroid dienone is 2. The lowest BCUT2D eigenvalue weighted by atomic mass is 9.92. The number of rotatable bonds is 6. The molecule has 1 aliphatic carbocycles. The molecule has 7 heteroatoms. The molecule has 2 unspecified atom stereocenters. The number of likely N-dealkylation sites (tertiary alicyclic amines) is 1. The van der Waals surface area contributed by atoms with E-state index in [2.05, 4.69) is 57.7 Å². The van der Waals surface area contributed by atoms with Crippen LogP contribution in [0.3, 0.4) is 0 Å². The molecular formula is C29H31N5O2. The summed E-state index contributed by atoms with van der Waals surface area (Å²) in [5.74, 6) is 1.98. The predicted molar refractivity (Wildman–Crippen MR) is 141 cm³/mol. The highest BCUT2D eigenvalue weighted by Gasteiger charge is 2.36. The molecule has 1 N–H and O–H groups in total. The van der Waals surface area contributed by atoms with Gasteiger partial charge in [0.05, 0.1) is 5.69 Å². The largest absolute Gasteiger partial charge is 0.347 e. The molecule has 3 heterocycles. The number of nitrogens with zero attached hydrogens (tertiary/aromatic N) is 4. The number of amides is 1. The highest BCUT2D eigenvalue weighted by molar-refractivity contribution is 5.81. The molecule has 1 aromatic heterocycles. The van der Waals surface area contributed by atoms with Crippen LogP contribution in [0.5, 0.6) is 0 Å². The van der Waals surface area contributed by atoms with Crippen molar-refractivity contribution in [3.05, 3.63) is 82.6 Å². The Kier molecular flexibility index (Phi) is 6.13. The Labute approximate surface area is 210 Å². The zero-order chi connectivity index (χ0) is 24.5. The van der Waals surface area contributed by atoms with Crippen LogP contribution < -0.4 is 5.69 Å². The van der Waals surface area contributed by atoms with Crippen LogP contribution >= 0.6 is 0 Å². The van der Waals surface area contributed by atoms with Crippen molar-refractivity contribution < 1.29 is 4.79 Å². The zero-order valence-electron chi connectivity index (χ0n) is 20.3. The maximum Gasteiger partial charge on any atom is 0.347 e. The van der Waals surface area contributed by atoms with E-state index in [-0.39, 0.29) is 11.6 Å². The second kappa shape index (κ2) is 9.72. The number of aliphatic imine (C=N–C) groups is 1. The number of benzene rings is 2. The fraction of sp³-hybridized carbons (Fsp3) is 0.379. The van der Waals surface area contributed by atoms with Gasteiger partial charge in [-0.3, -0.25) is 9.79 Å². The van der Waals surface area contributed by atoms with Gasteiger partial charge in [-0.25, -0.2) is 14.5 Å². The summed E-state index contributed by atoms with van der Waals surface area (Å²) in [7, 11) is 0. The molecule has 2 fully saturated rings. The molecular weight excluding hydrogens is 450 g/mol. The van der Waals surface area contributed by atoms with Gasteiger partial charge in [-0.05, 0) is 66.5 Å². The third-order valence-electron chi connectivity index (χ3n) is 7.61. The van der Waals surface area contributed by atoms with Crippen LogP contribution in [0.15, 0.2) is 70.5 Å². The lowest BCUT2D eigenvalue weighted by Gasteiger charge is -2.16. The second-order valence-electron chi connectivity index (χ2n) is 10.2. The quantitative estimate of drug-likeness (QED) is 0.574. The van der Waals surface area contributed by atoms with Crippen LogP contribution in [0.4, 0.5) is 0 Å². The van der Waals surface area contributed by atoms with Gasteiger partial charge in [0.25, 0.3) is 0 Å². The molecule has 2 aromatic carbocycles. The summed E-state index contributed by atoms with van der Waals surface area (Å²) in [6, 6.07) is 16.8. The number of nitrogens with one attached hydrogen (secondary N) is 1. The Bertz CT molecular complexity index is 1360. The maximum absolute atomic E-state index is 12.7. The Morgan fingerprint density at radius 3 is 2.72 bits per heavy atom. The van der Waals surface area contributed by atoms with Crippen LogP contribution in [0.1, 0.15) is 43.0 Å². The smallest absolute Gasteiger partial charge is 0.342 e. The molecule has 6 rings (SSSR count). The van der Waals surface area contributed by atoms with E-state index in [0.29, 0.717) is 24.2 Å². The molecule has 0 spiro atoms. The monoisotopic (exact) mass is 481 g/mol. The van der Waals surface area contributed by atoms with Gasteiger partial charge < -0.3 is 4.90 Å². The van der Waals surface area contributed by atoms with Crippen molar-refractivity contribution in [1.29, 1.82) is 0 Å². The second-order valence-corrected chi connectivity index (χ2v) is 10.2. The minimum atomic E-state index is -0.231. The molecule has 1 saturated heterocycles. The summed E-state index contributed by atoms with van der Waals surface area (Å²) in [5.41, 5.74) is 4.13. The lowest BCUT2D eigenvalue weighted by Crippen LogP contribution is -2.30. The normalized spacial score (nSPS) is 21.6. The number of carbonyl (C=O) groups excluding carboxylic acids is 1. The van der Waals surface area contributed by atoms with Crippen LogP contribution in [0.2, 0.25) is 0 Å². The van der Waals surface area contributed by atoms with Crippen molar-refractivity contribution in [3.8, 4) is 16.8 Å². The number of carbonyl (C=O) groups is 1. The minimum Gasteiger partial charge on any atom is -0.342 e. The lowest BCUT2D eigenvalue weighted by molar-refractivity contribution is -0.131. The van der Waals surface area contributed by atoms with Gasteiger partial charge in [-0.15, -0.1) is 0 Å². The molecule has 0 radical (unpaired) electrons. The molecule has 2 atom stereocenters. The van der Waals surface area contributed by atoms with Gasteiger partial charge in [0.2, 0.25) is 5.91 Å². The van der Waals surface area contributed by atoms with Crippen molar-refractivity contribution in [2.24, 2.45) is 16.8 Å². The fourth-order valence-electron chi connectivity index (χ4n) is 5.44. The molecule has 2 aliphatic heterocycles. The number of hydrogen-bond donors (Lipinski definition) is 1. The molecule has 0 bridgehead atoms. The van der Waals surface area contributed by atoms with E-state index < -0.39 is 0 Å². The van der Waals surface area contributed by atoms with Gasteiger partial charge in [0.15, 0.2) is 0 Å². The summed E-state index contributed by atoms with van der Waals surface area (Å²) >= 11 is 0. The van der Waals surface area contributed by atoms with Gasteiger partial charge in [0, 0.05) is 44.1 Å². The predicted octanol–water partition coefficient (Wildman–Crippen LogP) is 4.14. The number of aromatic nitrogens is 3. The topological polar surface area (TPSA) is 83.4 Å². The van der Waals surface area contributed by atoms with E-state index in [9.17, 15) is 9.59 Å².